The van der Waals surface area contributed by atoms with Gasteiger partial charge in [-0.1, -0.05) is 26.0 Å². The Labute approximate surface area is 147 Å². The van der Waals surface area contributed by atoms with Crippen molar-refractivity contribution >= 4 is 22.4 Å². The van der Waals surface area contributed by atoms with Crippen molar-refractivity contribution < 1.29 is 8.42 Å². The van der Waals surface area contributed by atoms with Crippen LogP contribution in [0.5, 0.6) is 0 Å². The Morgan fingerprint density at radius 2 is 1.91 bits per heavy atom. The zero-order valence-electron chi connectivity index (χ0n) is 14.3. The van der Waals surface area contributed by atoms with Crippen LogP contribution < -0.4 is 5.32 Å². The lowest BCUT2D eigenvalue weighted by molar-refractivity contribution is 0.451. The molecule has 1 N–H and O–H groups in total. The third-order valence-electron chi connectivity index (χ3n) is 4.31. The summed E-state index contributed by atoms with van der Waals surface area (Å²) in [6.07, 6.45) is 3.07. The van der Waals surface area contributed by atoms with Gasteiger partial charge in [0.25, 0.3) is 0 Å². The van der Waals surface area contributed by atoms with Gasteiger partial charge in [-0.15, -0.1) is 12.4 Å². The normalized spacial score (nSPS) is 19.0. The van der Waals surface area contributed by atoms with Gasteiger partial charge >= 0.3 is 0 Å². The first-order valence-corrected chi connectivity index (χ1v) is 9.61. The van der Waals surface area contributed by atoms with Gasteiger partial charge in [0.1, 0.15) is 0 Å². The topological polar surface area (TPSA) is 49.4 Å². The lowest BCUT2D eigenvalue weighted by Gasteiger charge is -2.17. The van der Waals surface area contributed by atoms with E-state index in [9.17, 15) is 8.42 Å². The van der Waals surface area contributed by atoms with Crippen LogP contribution in [0.3, 0.4) is 0 Å². The van der Waals surface area contributed by atoms with Crippen molar-refractivity contribution in [3.8, 4) is 0 Å². The zero-order chi connectivity index (χ0) is 16.2. The first-order valence-electron chi connectivity index (χ1n) is 8.17. The Balaban J connectivity index is 0.00000264. The molecule has 2 rings (SSSR count). The van der Waals surface area contributed by atoms with Gasteiger partial charge in [-0.2, -0.15) is 4.31 Å². The van der Waals surface area contributed by atoms with Crippen LogP contribution in [0, 0.1) is 11.8 Å². The summed E-state index contributed by atoms with van der Waals surface area (Å²) < 4.78 is 27.0. The number of hydrogen-bond donors (Lipinski definition) is 1. The molecule has 23 heavy (non-hydrogen) atoms. The summed E-state index contributed by atoms with van der Waals surface area (Å²) in [5.41, 5.74) is 1.21. The standard InChI is InChI=1S/C17H28N2O2S.ClH/c1-14(2)4-5-15-6-8-17(9-7-15)22(20,21)19-11-10-16(13-19)12-18-3;/h6-9,14,16,18H,4-5,10-13H2,1-3H3;1H. The lowest BCUT2D eigenvalue weighted by Crippen LogP contribution is -2.30. The number of benzene rings is 1. The molecule has 0 amide bonds. The number of nitrogens with zero attached hydrogens (tertiary/aromatic N) is 1. The summed E-state index contributed by atoms with van der Waals surface area (Å²) >= 11 is 0. The molecular formula is C17H29ClN2O2S. The number of aryl methyl sites for hydroxylation is 1. The molecule has 0 aliphatic carbocycles. The molecule has 1 saturated heterocycles. The molecular weight excluding hydrogens is 332 g/mol. The predicted molar refractivity (Wildman–Crippen MR) is 97.6 cm³/mol. The molecule has 0 aromatic heterocycles. The minimum Gasteiger partial charge on any atom is -0.319 e. The molecule has 0 radical (unpaired) electrons. The highest BCUT2D eigenvalue weighted by atomic mass is 35.5. The van der Waals surface area contributed by atoms with Gasteiger partial charge in [0, 0.05) is 13.1 Å². The predicted octanol–water partition coefficient (Wildman–Crippen LogP) is 2.93. The largest absolute Gasteiger partial charge is 0.319 e. The molecule has 1 heterocycles. The van der Waals surface area contributed by atoms with Gasteiger partial charge in [0.2, 0.25) is 10.0 Å². The van der Waals surface area contributed by atoms with Gasteiger partial charge in [-0.3, -0.25) is 0 Å². The van der Waals surface area contributed by atoms with Crippen molar-refractivity contribution in [3.63, 3.8) is 0 Å². The fourth-order valence-corrected chi connectivity index (χ4v) is 4.43. The molecule has 1 aromatic rings. The Morgan fingerprint density at radius 1 is 1.26 bits per heavy atom. The minimum absolute atomic E-state index is 0. The van der Waals surface area contributed by atoms with E-state index < -0.39 is 10.0 Å². The van der Waals surface area contributed by atoms with E-state index in [1.165, 1.54) is 5.56 Å². The second kappa shape index (κ2) is 9.02. The molecule has 0 saturated carbocycles. The van der Waals surface area contributed by atoms with Crippen molar-refractivity contribution in [3.05, 3.63) is 29.8 Å². The van der Waals surface area contributed by atoms with Crippen molar-refractivity contribution in [2.24, 2.45) is 11.8 Å². The molecule has 6 heteroatoms. The third-order valence-corrected chi connectivity index (χ3v) is 6.19. The van der Waals surface area contributed by atoms with Crippen LogP contribution in [-0.4, -0.2) is 39.4 Å². The average Bonchev–Trinajstić information content (AvgIpc) is 2.95. The molecule has 4 nitrogen and oxygen atoms in total. The summed E-state index contributed by atoms with van der Waals surface area (Å²) in [5.74, 6) is 1.09. The number of hydrogen-bond acceptors (Lipinski definition) is 3. The van der Waals surface area contributed by atoms with Gasteiger partial charge < -0.3 is 5.32 Å². The highest BCUT2D eigenvalue weighted by Crippen LogP contribution is 2.24. The molecule has 0 bridgehead atoms. The average molecular weight is 361 g/mol. The fraction of sp³-hybridized carbons (Fsp3) is 0.647. The van der Waals surface area contributed by atoms with Crippen molar-refractivity contribution in [2.75, 3.05) is 26.7 Å². The smallest absolute Gasteiger partial charge is 0.243 e. The van der Waals surface area contributed by atoms with Crippen LogP contribution >= 0.6 is 12.4 Å². The lowest BCUT2D eigenvalue weighted by atomic mass is 10.0. The summed E-state index contributed by atoms with van der Waals surface area (Å²) in [7, 11) is -1.42. The first kappa shape index (κ1) is 20.4. The molecule has 1 atom stereocenters. The number of nitrogens with one attached hydrogen (secondary N) is 1. The van der Waals surface area contributed by atoms with E-state index in [4.69, 9.17) is 0 Å². The van der Waals surface area contributed by atoms with Crippen molar-refractivity contribution in [1.82, 2.24) is 9.62 Å². The highest BCUT2D eigenvalue weighted by molar-refractivity contribution is 7.89. The molecule has 1 aliphatic rings. The maximum absolute atomic E-state index is 12.7. The van der Waals surface area contributed by atoms with Crippen molar-refractivity contribution in [2.45, 2.75) is 38.0 Å². The van der Waals surface area contributed by atoms with Crippen LogP contribution in [0.15, 0.2) is 29.2 Å². The van der Waals surface area contributed by atoms with E-state index in [1.54, 1.807) is 16.4 Å². The van der Waals surface area contributed by atoms with Gasteiger partial charge in [0.05, 0.1) is 4.90 Å². The van der Waals surface area contributed by atoms with Crippen LogP contribution in [0.25, 0.3) is 0 Å². The second-order valence-corrected chi connectivity index (χ2v) is 8.59. The molecule has 1 aromatic carbocycles. The quantitative estimate of drug-likeness (QED) is 0.813. The Hall–Kier alpha value is -0.620. The second-order valence-electron chi connectivity index (χ2n) is 6.65. The Morgan fingerprint density at radius 3 is 2.48 bits per heavy atom. The SMILES string of the molecule is CNCC1CCN(S(=O)(=O)c2ccc(CCC(C)C)cc2)C1.Cl. The van der Waals surface area contributed by atoms with Gasteiger partial charge in [-0.05, 0) is 62.4 Å². The van der Waals surface area contributed by atoms with Crippen LogP contribution in [0.2, 0.25) is 0 Å². The first-order chi connectivity index (χ1) is 10.4. The van der Waals surface area contributed by atoms with E-state index >= 15 is 0 Å². The van der Waals surface area contributed by atoms with Crippen LogP contribution in [-0.2, 0) is 16.4 Å². The monoisotopic (exact) mass is 360 g/mol. The van der Waals surface area contributed by atoms with Gasteiger partial charge in [0.15, 0.2) is 0 Å². The van der Waals surface area contributed by atoms with Gasteiger partial charge in [-0.25, -0.2) is 8.42 Å². The van der Waals surface area contributed by atoms with E-state index in [2.05, 4.69) is 19.2 Å². The Bertz CT molecular complexity index is 573. The molecule has 132 valence electrons. The highest BCUT2D eigenvalue weighted by Gasteiger charge is 2.31. The number of rotatable bonds is 7. The maximum Gasteiger partial charge on any atom is 0.243 e. The third kappa shape index (κ3) is 5.45. The van der Waals surface area contributed by atoms with Crippen molar-refractivity contribution in [1.29, 1.82) is 0 Å². The maximum atomic E-state index is 12.7. The van der Waals surface area contributed by atoms with Crippen LogP contribution in [0.1, 0.15) is 32.3 Å². The van der Waals surface area contributed by atoms with E-state index in [1.807, 2.05) is 19.2 Å². The fourth-order valence-electron chi connectivity index (χ4n) is 2.90. The molecule has 1 unspecified atom stereocenters. The summed E-state index contributed by atoms with van der Waals surface area (Å²) in [4.78, 5) is 0.422. The summed E-state index contributed by atoms with van der Waals surface area (Å²) in [6.45, 7) is 6.53. The van der Waals surface area contributed by atoms with E-state index in [0.29, 0.717) is 29.8 Å². The zero-order valence-corrected chi connectivity index (χ0v) is 15.9. The van der Waals surface area contributed by atoms with E-state index in [0.717, 1.165) is 25.8 Å². The number of halogens is 1. The molecule has 1 aliphatic heterocycles. The van der Waals surface area contributed by atoms with E-state index in [-0.39, 0.29) is 12.4 Å². The summed E-state index contributed by atoms with van der Waals surface area (Å²) in [6, 6.07) is 7.43. The summed E-state index contributed by atoms with van der Waals surface area (Å²) in [5, 5.41) is 3.13. The minimum atomic E-state index is -3.33. The molecule has 1 fully saturated rings. The van der Waals surface area contributed by atoms with Crippen LogP contribution in [0.4, 0.5) is 0 Å². The Kier molecular flexibility index (Phi) is 8.01. The number of sulfonamides is 1. The molecule has 0 spiro atoms.